The first-order chi connectivity index (χ1) is 9.92. The molecular formula is C16H17NO4. The van der Waals surface area contributed by atoms with Gasteiger partial charge in [0.2, 0.25) is 5.75 Å². The van der Waals surface area contributed by atoms with Gasteiger partial charge in [-0.15, -0.1) is 0 Å². The molecule has 2 aromatic rings. The van der Waals surface area contributed by atoms with E-state index in [1.165, 1.54) is 6.07 Å². The highest BCUT2D eigenvalue weighted by Crippen LogP contribution is 2.36. The minimum Gasteiger partial charge on any atom is -0.450 e. The lowest BCUT2D eigenvalue weighted by Crippen LogP contribution is -1.97. The smallest absolute Gasteiger partial charge is 0.312 e. The van der Waals surface area contributed by atoms with Gasteiger partial charge in [0, 0.05) is 6.07 Å². The van der Waals surface area contributed by atoms with Crippen molar-refractivity contribution in [1.82, 2.24) is 0 Å². The highest BCUT2D eigenvalue weighted by molar-refractivity contribution is 5.55. The predicted octanol–water partition coefficient (Wildman–Crippen LogP) is 3.80. The average molecular weight is 287 g/mol. The number of benzene rings is 2. The average Bonchev–Trinajstić information content (AvgIpc) is 2.41. The summed E-state index contributed by atoms with van der Waals surface area (Å²) in [5, 5.41) is 20.3. The Kier molecular flexibility index (Phi) is 4.23. The summed E-state index contributed by atoms with van der Waals surface area (Å²) in [5.74, 6) is 0.765. The molecule has 0 heterocycles. The molecule has 2 aromatic carbocycles. The summed E-state index contributed by atoms with van der Waals surface area (Å²) >= 11 is 0. The Morgan fingerprint density at radius 1 is 1.14 bits per heavy atom. The maximum atomic E-state index is 11.2. The van der Waals surface area contributed by atoms with Crippen molar-refractivity contribution in [3.63, 3.8) is 0 Å². The van der Waals surface area contributed by atoms with E-state index in [0.29, 0.717) is 11.3 Å². The van der Waals surface area contributed by atoms with Crippen LogP contribution in [0.15, 0.2) is 30.3 Å². The maximum Gasteiger partial charge on any atom is 0.312 e. The molecule has 0 aliphatic rings. The first-order valence-corrected chi connectivity index (χ1v) is 6.56. The molecule has 5 heteroatoms. The van der Waals surface area contributed by atoms with E-state index >= 15 is 0 Å². The van der Waals surface area contributed by atoms with E-state index in [0.717, 1.165) is 16.7 Å². The maximum absolute atomic E-state index is 11.2. The van der Waals surface area contributed by atoms with Crippen molar-refractivity contribution in [3.05, 3.63) is 62.7 Å². The summed E-state index contributed by atoms with van der Waals surface area (Å²) in [5.41, 5.74) is 3.17. The molecule has 0 bridgehead atoms. The van der Waals surface area contributed by atoms with Gasteiger partial charge in [0.15, 0.2) is 0 Å². The second-order valence-corrected chi connectivity index (χ2v) is 5.04. The highest BCUT2D eigenvalue weighted by atomic mass is 16.6. The molecule has 0 aliphatic heterocycles. The second-order valence-electron chi connectivity index (χ2n) is 5.04. The van der Waals surface area contributed by atoms with Gasteiger partial charge >= 0.3 is 5.69 Å². The van der Waals surface area contributed by atoms with E-state index in [1.807, 2.05) is 19.9 Å². The third-order valence-electron chi connectivity index (χ3n) is 3.30. The lowest BCUT2D eigenvalue weighted by atomic mass is 10.1. The fraction of sp³-hybridized carbons (Fsp3) is 0.250. The number of ether oxygens (including phenoxy) is 1. The van der Waals surface area contributed by atoms with Crippen molar-refractivity contribution in [3.8, 4) is 11.5 Å². The largest absolute Gasteiger partial charge is 0.450 e. The number of nitro groups is 1. The second kappa shape index (κ2) is 5.93. The van der Waals surface area contributed by atoms with Crippen LogP contribution in [0.4, 0.5) is 5.69 Å². The van der Waals surface area contributed by atoms with Crippen molar-refractivity contribution in [1.29, 1.82) is 0 Å². The lowest BCUT2D eigenvalue weighted by molar-refractivity contribution is -0.385. The number of hydrogen-bond donors (Lipinski definition) is 1. The van der Waals surface area contributed by atoms with Crippen LogP contribution in [0.3, 0.4) is 0 Å². The summed E-state index contributed by atoms with van der Waals surface area (Å²) in [6, 6.07) is 8.55. The molecule has 0 spiro atoms. The zero-order chi connectivity index (χ0) is 15.6. The topological polar surface area (TPSA) is 72.6 Å². The molecular weight excluding hydrogens is 270 g/mol. The molecule has 21 heavy (non-hydrogen) atoms. The van der Waals surface area contributed by atoms with Crippen molar-refractivity contribution in [2.24, 2.45) is 0 Å². The number of hydrogen-bond acceptors (Lipinski definition) is 4. The molecule has 0 saturated heterocycles. The van der Waals surface area contributed by atoms with Gasteiger partial charge in [-0.3, -0.25) is 10.1 Å². The molecule has 0 radical (unpaired) electrons. The minimum absolute atomic E-state index is 0.0450. The molecule has 0 aliphatic carbocycles. The predicted molar refractivity (Wildman–Crippen MR) is 79.7 cm³/mol. The third-order valence-corrected chi connectivity index (χ3v) is 3.30. The molecule has 1 N–H and O–H groups in total. The van der Waals surface area contributed by atoms with Crippen molar-refractivity contribution in [2.45, 2.75) is 27.4 Å². The summed E-state index contributed by atoms with van der Waals surface area (Å²) < 4.78 is 5.71. The Bertz CT molecular complexity index is 695. The molecule has 0 unspecified atom stereocenters. The molecule has 2 rings (SSSR count). The van der Waals surface area contributed by atoms with Crippen LogP contribution in [-0.2, 0) is 6.61 Å². The van der Waals surface area contributed by atoms with Crippen molar-refractivity contribution in [2.75, 3.05) is 0 Å². The van der Waals surface area contributed by atoms with Crippen LogP contribution in [0.1, 0.15) is 22.3 Å². The Balaban J connectivity index is 2.44. The van der Waals surface area contributed by atoms with E-state index in [2.05, 4.69) is 0 Å². The van der Waals surface area contributed by atoms with Gasteiger partial charge in [-0.25, -0.2) is 0 Å². The van der Waals surface area contributed by atoms with Gasteiger partial charge in [0.25, 0.3) is 0 Å². The number of aliphatic hydroxyl groups is 1. The Hall–Kier alpha value is -2.40. The van der Waals surface area contributed by atoms with E-state index in [4.69, 9.17) is 9.84 Å². The monoisotopic (exact) mass is 287 g/mol. The summed E-state index contributed by atoms with van der Waals surface area (Å²) in [6.07, 6.45) is 0. The van der Waals surface area contributed by atoms with E-state index in [1.54, 1.807) is 25.1 Å². The van der Waals surface area contributed by atoms with Gasteiger partial charge in [-0.2, -0.15) is 0 Å². The number of aryl methyl sites for hydroxylation is 3. The number of aliphatic hydroxyl groups excluding tert-OH is 1. The van der Waals surface area contributed by atoms with E-state index in [9.17, 15) is 10.1 Å². The highest BCUT2D eigenvalue weighted by Gasteiger charge is 2.19. The van der Waals surface area contributed by atoms with Crippen LogP contribution in [0.5, 0.6) is 11.5 Å². The molecule has 5 nitrogen and oxygen atoms in total. The fourth-order valence-corrected chi connectivity index (χ4v) is 2.23. The Labute approximate surface area is 123 Å². The van der Waals surface area contributed by atoms with Gasteiger partial charge in [-0.1, -0.05) is 12.1 Å². The number of nitro benzene ring substituents is 1. The SMILES string of the molecule is Cc1cc(C)c(Oc2ccc(CO)c(C)c2)c([N+](=O)[O-])c1. The standard InChI is InChI=1S/C16H17NO4/c1-10-6-12(3)16(15(7-10)17(19)20)21-14-5-4-13(9-18)11(2)8-14/h4-8,18H,9H2,1-3H3. The van der Waals surface area contributed by atoms with Crippen molar-refractivity contribution < 1.29 is 14.8 Å². The van der Waals surface area contributed by atoms with Crippen LogP contribution < -0.4 is 4.74 Å². The van der Waals surface area contributed by atoms with Gasteiger partial charge in [0.1, 0.15) is 5.75 Å². The van der Waals surface area contributed by atoms with Crippen molar-refractivity contribution >= 4 is 5.69 Å². The summed E-state index contributed by atoms with van der Waals surface area (Å²) in [7, 11) is 0. The first-order valence-electron chi connectivity index (χ1n) is 6.56. The third kappa shape index (κ3) is 3.20. The zero-order valence-electron chi connectivity index (χ0n) is 12.2. The van der Waals surface area contributed by atoms with Gasteiger partial charge in [0.05, 0.1) is 11.5 Å². The minimum atomic E-state index is -0.440. The van der Waals surface area contributed by atoms with Crippen LogP contribution in [0, 0.1) is 30.9 Å². The molecule has 0 saturated carbocycles. The lowest BCUT2D eigenvalue weighted by Gasteiger charge is -2.11. The fourth-order valence-electron chi connectivity index (χ4n) is 2.23. The Morgan fingerprint density at radius 2 is 1.86 bits per heavy atom. The number of nitrogens with zero attached hydrogens (tertiary/aromatic N) is 1. The first kappa shape index (κ1) is 15.0. The number of rotatable bonds is 4. The summed E-state index contributed by atoms with van der Waals surface area (Å²) in [4.78, 5) is 10.7. The summed E-state index contributed by atoms with van der Waals surface area (Å²) in [6.45, 7) is 5.40. The Morgan fingerprint density at radius 3 is 2.43 bits per heavy atom. The van der Waals surface area contributed by atoms with Crippen LogP contribution >= 0.6 is 0 Å². The molecule has 0 aromatic heterocycles. The quantitative estimate of drug-likeness (QED) is 0.685. The van der Waals surface area contributed by atoms with Crippen LogP contribution in [0.2, 0.25) is 0 Å². The van der Waals surface area contributed by atoms with E-state index < -0.39 is 4.92 Å². The normalized spacial score (nSPS) is 10.5. The molecule has 0 amide bonds. The van der Waals surface area contributed by atoms with Gasteiger partial charge < -0.3 is 9.84 Å². The molecule has 110 valence electrons. The zero-order valence-corrected chi connectivity index (χ0v) is 12.2. The van der Waals surface area contributed by atoms with E-state index in [-0.39, 0.29) is 18.0 Å². The van der Waals surface area contributed by atoms with Crippen LogP contribution in [0.25, 0.3) is 0 Å². The van der Waals surface area contributed by atoms with Gasteiger partial charge in [-0.05, 0) is 55.2 Å². The van der Waals surface area contributed by atoms with Crippen LogP contribution in [-0.4, -0.2) is 10.0 Å². The molecule has 0 atom stereocenters. The molecule has 0 fully saturated rings.